The van der Waals surface area contributed by atoms with E-state index in [-0.39, 0.29) is 0 Å². The number of hydrogen-bond acceptors (Lipinski definition) is 4. The van der Waals surface area contributed by atoms with Gasteiger partial charge in [0, 0.05) is 31.4 Å². The van der Waals surface area contributed by atoms with Crippen molar-refractivity contribution in [3.8, 4) is 11.5 Å². The van der Waals surface area contributed by atoms with Gasteiger partial charge in [0.25, 0.3) is 0 Å². The summed E-state index contributed by atoms with van der Waals surface area (Å²) in [6.45, 7) is 3.67. The zero-order valence-corrected chi connectivity index (χ0v) is 11.8. The zero-order valence-electron chi connectivity index (χ0n) is 11.8. The van der Waals surface area contributed by atoms with Crippen LogP contribution in [-0.2, 0) is 11.3 Å². The number of ether oxygens (including phenoxy) is 3. The maximum atomic E-state index is 5.39. The van der Waals surface area contributed by atoms with Gasteiger partial charge in [0.2, 0.25) is 0 Å². The van der Waals surface area contributed by atoms with Gasteiger partial charge >= 0.3 is 0 Å². The second-order valence-corrected chi connectivity index (χ2v) is 4.86. The molecule has 0 bridgehead atoms. The first-order valence-corrected chi connectivity index (χ1v) is 6.83. The van der Waals surface area contributed by atoms with Crippen molar-refractivity contribution in [1.29, 1.82) is 0 Å². The predicted octanol–water partition coefficient (Wildman–Crippen LogP) is 2.22. The molecular weight excluding hydrogens is 242 g/mol. The van der Waals surface area contributed by atoms with Crippen molar-refractivity contribution in [2.75, 3.05) is 34.0 Å². The minimum absolute atomic E-state index is 0.734. The normalized spacial score (nSPS) is 16.3. The fourth-order valence-electron chi connectivity index (χ4n) is 2.36. The molecule has 1 heterocycles. The second-order valence-electron chi connectivity index (χ2n) is 4.86. The summed E-state index contributed by atoms with van der Waals surface area (Å²) in [5, 5.41) is 3.51. The molecule has 1 saturated heterocycles. The SMILES string of the molecule is COc1ccc(CNCC2CCOCC2)c(OC)c1. The van der Waals surface area contributed by atoms with E-state index in [0.717, 1.165) is 62.1 Å². The first-order valence-electron chi connectivity index (χ1n) is 6.83. The van der Waals surface area contributed by atoms with E-state index in [1.54, 1.807) is 14.2 Å². The highest BCUT2D eigenvalue weighted by Gasteiger charge is 2.13. The molecule has 4 heteroatoms. The van der Waals surface area contributed by atoms with Gasteiger partial charge < -0.3 is 19.5 Å². The molecule has 4 nitrogen and oxygen atoms in total. The first kappa shape index (κ1) is 14.2. The molecule has 19 heavy (non-hydrogen) atoms. The van der Waals surface area contributed by atoms with Crippen molar-refractivity contribution in [3.63, 3.8) is 0 Å². The van der Waals surface area contributed by atoms with Gasteiger partial charge in [-0.1, -0.05) is 6.07 Å². The number of hydrogen-bond donors (Lipinski definition) is 1. The van der Waals surface area contributed by atoms with E-state index < -0.39 is 0 Å². The second kappa shape index (κ2) is 7.36. The van der Waals surface area contributed by atoms with E-state index in [0.29, 0.717) is 0 Å². The van der Waals surface area contributed by atoms with E-state index in [4.69, 9.17) is 14.2 Å². The molecule has 106 valence electrons. The lowest BCUT2D eigenvalue weighted by Crippen LogP contribution is -2.27. The van der Waals surface area contributed by atoms with Crippen LogP contribution in [0.25, 0.3) is 0 Å². The molecule has 2 rings (SSSR count). The zero-order chi connectivity index (χ0) is 13.5. The third kappa shape index (κ3) is 4.11. The predicted molar refractivity (Wildman–Crippen MR) is 74.8 cm³/mol. The van der Waals surface area contributed by atoms with Crippen LogP contribution in [0.5, 0.6) is 11.5 Å². The number of rotatable bonds is 6. The van der Waals surface area contributed by atoms with Gasteiger partial charge in [0.05, 0.1) is 14.2 Å². The summed E-state index contributed by atoms with van der Waals surface area (Å²) >= 11 is 0. The Morgan fingerprint density at radius 3 is 2.68 bits per heavy atom. The molecule has 1 aliphatic rings. The monoisotopic (exact) mass is 265 g/mol. The highest BCUT2D eigenvalue weighted by molar-refractivity contribution is 5.40. The molecule has 1 aliphatic heterocycles. The minimum Gasteiger partial charge on any atom is -0.497 e. The van der Waals surface area contributed by atoms with Crippen LogP contribution in [0.15, 0.2) is 18.2 Å². The lowest BCUT2D eigenvalue weighted by Gasteiger charge is -2.22. The fourth-order valence-corrected chi connectivity index (χ4v) is 2.36. The van der Waals surface area contributed by atoms with Crippen LogP contribution in [0, 0.1) is 5.92 Å². The summed E-state index contributed by atoms with van der Waals surface area (Å²) in [5.74, 6) is 2.43. The van der Waals surface area contributed by atoms with Gasteiger partial charge in [0.15, 0.2) is 0 Å². The van der Waals surface area contributed by atoms with E-state index in [9.17, 15) is 0 Å². The van der Waals surface area contributed by atoms with Gasteiger partial charge in [-0.05, 0) is 31.4 Å². The average Bonchev–Trinajstić information content (AvgIpc) is 2.48. The molecule has 0 atom stereocenters. The van der Waals surface area contributed by atoms with Crippen molar-refractivity contribution in [1.82, 2.24) is 5.32 Å². The highest BCUT2D eigenvalue weighted by Crippen LogP contribution is 2.24. The Balaban J connectivity index is 1.84. The van der Waals surface area contributed by atoms with Crippen molar-refractivity contribution >= 4 is 0 Å². The van der Waals surface area contributed by atoms with Crippen LogP contribution < -0.4 is 14.8 Å². The Morgan fingerprint density at radius 2 is 2.00 bits per heavy atom. The van der Waals surface area contributed by atoms with Gasteiger partial charge in [0.1, 0.15) is 11.5 Å². The Morgan fingerprint density at radius 1 is 1.21 bits per heavy atom. The van der Waals surface area contributed by atoms with Crippen molar-refractivity contribution < 1.29 is 14.2 Å². The van der Waals surface area contributed by atoms with Crippen LogP contribution in [-0.4, -0.2) is 34.0 Å². The summed E-state index contributed by atoms with van der Waals surface area (Å²) in [4.78, 5) is 0. The van der Waals surface area contributed by atoms with Gasteiger partial charge in [-0.3, -0.25) is 0 Å². The van der Waals surface area contributed by atoms with Crippen molar-refractivity contribution in [2.45, 2.75) is 19.4 Å². The van der Waals surface area contributed by atoms with Gasteiger partial charge in [-0.2, -0.15) is 0 Å². The molecule has 0 amide bonds. The smallest absolute Gasteiger partial charge is 0.127 e. The van der Waals surface area contributed by atoms with Gasteiger partial charge in [-0.15, -0.1) is 0 Å². The van der Waals surface area contributed by atoms with Crippen LogP contribution in [0.4, 0.5) is 0 Å². The van der Waals surface area contributed by atoms with E-state index in [2.05, 4.69) is 11.4 Å². The third-order valence-electron chi connectivity index (χ3n) is 3.58. The lowest BCUT2D eigenvalue weighted by molar-refractivity contribution is 0.0662. The Bertz CT molecular complexity index is 389. The van der Waals surface area contributed by atoms with Crippen molar-refractivity contribution in [2.24, 2.45) is 5.92 Å². The summed E-state index contributed by atoms with van der Waals surface area (Å²) in [6, 6.07) is 5.94. The average molecular weight is 265 g/mol. The summed E-state index contributed by atoms with van der Waals surface area (Å²) in [6.07, 6.45) is 2.32. The topological polar surface area (TPSA) is 39.7 Å². The molecule has 0 saturated carbocycles. The molecule has 0 unspecified atom stereocenters. The fraction of sp³-hybridized carbons (Fsp3) is 0.600. The van der Waals surface area contributed by atoms with Crippen LogP contribution in [0.3, 0.4) is 0 Å². The number of benzene rings is 1. The molecule has 1 N–H and O–H groups in total. The highest BCUT2D eigenvalue weighted by atomic mass is 16.5. The molecular formula is C15H23NO3. The Labute approximate surface area is 115 Å². The van der Waals surface area contributed by atoms with Crippen LogP contribution in [0.1, 0.15) is 18.4 Å². The quantitative estimate of drug-likeness (QED) is 0.856. The summed E-state index contributed by atoms with van der Waals surface area (Å²) in [7, 11) is 3.36. The maximum Gasteiger partial charge on any atom is 0.127 e. The van der Waals surface area contributed by atoms with Crippen molar-refractivity contribution in [3.05, 3.63) is 23.8 Å². The molecule has 0 radical (unpaired) electrons. The summed E-state index contributed by atoms with van der Waals surface area (Å²) in [5.41, 5.74) is 1.16. The van der Waals surface area contributed by atoms with E-state index >= 15 is 0 Å². The lowest BCUT2D eigenvalue weighted by atomic mass is 10.0. The summed E-state index contributed by atoms with van der Waals surface area (Å²) < 4.78 is 16.0. The largest absolute Gasteiger partial charge is 0.497 e. The standard InChI is InChI=1S/C15H23NO3/c1-17-14-4-3-13(15(9-14)18-2)11-16-10-12-5-7-19-8-6-12/h3-4,9,12,16H,5-8,10-11H2,1-2H3. The maximum absolute atomic E-state index is 5.39. The molecule has 1 aromatic rings. The third-order valence-corrected chi connectivity index (χ3v) is 3.58. The van der Waals surface area contributed by atoms with E-state index in [1.165, 1.54) is 0 Å². The van der Waals surface area contributed by atoms with Crippen LogP contribution >= 0.6 is 0 Å². The molecule has 1 aromatic carbocycles. The van der Waals surface area contributed by atoms with Gasteiger partial charge in [-0.25, -0.2) is 0 Å². The number of nitrogens with one attached hydrogen (secondary N) is 1. The van der Waals surface area contributed by atoms with Crippen LogP contribution in [0.2, 0.25) is 0 Å². The Hall–Kier alpha value is -1.26. The molecule has 0 spiro atoms. The first-order chi connectivity index (χ1) is 9.33. The number of methoxy groups -OCH3 is 2. The molecule has 1 fully saturated rings. The molecule has 0 aromatic heterocycles. The Kier molecular flexibility index (Phi) is 5.48. The minimum atomic E-state index is 0.734. The van der Waals surface area contributed by atoms with E-state index in [1.807, 2.05) is 12.1 Å². The molecule has 0 aliphatic carbocycles.